The molecule has 0 heterocycles. The summed E-state index contributed by atoms with van der Waals surface area (Å²) in [5.74, 6) is -0.529. The summed E-state index contributed by atoms with van der Waals surface area (Å²) >= 11 is 6.59. The first-order valence-electron chi connectivity index (χ1n) is 4.93. The van der Waals surface area contributed by atoms with Crippen LogP contribution in [0.5, 0.6) is 0 Å². The van der Waals surface area contributed by atoms with Crippen molar-refractivity contribution in [1.29, 1.82) is 0 Å². The molecule has 6 heteroatoms. The molecule has 0 spiro atoms. The fourth-order valence-corrected chi connectivity index (χ4v) is 2.02. The maximum Gasteiger partial charge on any atom is 0.253 e. The topological polar surface area (TPSA) is 58.2 Å². The quantitative estimate of drug-likeness (QED) is 0.863. The van der Waals surface area contributed by atoms with Crippen LogP contribution < -0.4 is 10.6 Å². The van der Waals surface area contributed by atoms with Gasteiger partial charge in [0, 0.05) is 16.0 Å². The standard InChI is InChI=1S/C11H12Br2N2O2/c1-6(10(16)14-2)15-11(17)8-5-7(12)3-4-9(8)13/h3-6H,1-2H3,(H,14,16)(H,15,17). The third kappa shape index (κ3) is 3.81. The Morgan fingerprint density at radius 2 is 1.94 bits per heavy atom. The lowest BCUT2D eigenvalue weighted by Gasteiger charge is -2.13. The Hall–Kier alpha value is -0.880. The van der Waals surface area contributed by atoms with Gasteiger partial charge in [0.1, 0.15) is 6.04 Å². The van der Waals surface area contributed by atoms with Gasteiger partial charge in [0.2, 0.25) is 5.91 Å². The van der Waals surface area contributed by atoms with E-state index in [9.17, 15) is 9.59 Å². The highest BCUT2D eigenvalue weighted by Crippen LogP contribution is 2.21. The molecular formula is C11H12Br2N2O2. The van der Waals surface area contributed by atoms with Crippen LogP contribution in [0.15, 0.2) is 27.1 Å². The Bertz CT molecular complexity index is 449. The summed E-state index contributed by atoms with van der Waals surface area (Å²) in [6.07, 6.45) is 0. The van der Waals surface area contributed by atoms with Gasteiger partial charge >= 0.3 is 0 Å². The Morgan fingerprint density at radius 3 is 2.53 bits per heavy atom. The van der Waals surface area contributed by atoms with Crippen LogP contribution in [0.3, 0.4) is 0 Å². The van der Waals surface area contributed by atoms with Crippen molar-refractivity contribution in [3.8, 4) is 0 Å². The third-order valence-corrected chi connectivity index (χ3v) is 3.35. The summed E-state index contributed by atoms with van der Waals surface area (Å²) in [5, 5.41) is 5.09. The predicted molar refractivity (Wildman–Crippen MR) is 72.8 cm³/mol. The van der Waals surface area contributed by atoms with Gasteiger partial charge < -0.3 is 10.6 Å². The molecule has 1 aromatic rings. The minimum absolute atomic E-state index is 0.232. The van der Waals surface area contributed by atoms with Gasteiger partial charge in [-0.05, 0) is 41.1 Å². The van der Waals surface area contributed by atoms with Crippen LogP contribution in [0.1, 0.15) is 17.3 Å². The van der Waals surface area contributed by atoms with Gasteiger partial charge in [-0.15, -0.1) is 0 Å². The van der Waals surface area contributed by atoms with Crippen LogP contribution in [0.25, 0.3) is 0 Å². The zero-order chi connectivity index (χ0) is 13.0. The molecule has 0 aliphatic carbocycles. The van der Waals surface area contributed by atoms with Crippen molar-refractivity contribution in [1.82, 2.24) is 10.6 Å². The summed E-state index contributed by atoms with van der Waals surface area (Å²) < 4.78 is 1.49. The Labute approximate surface area is 116 Å². The van der Waals surface area contributed by atoms with E-state index in [2.05, 4.69) is 42.5 Å². The normalized spacial score (nSPS) is 11.8. The van der Waals surface area contributed by atoms with E-state index < -0.39 is 6.04 Å². The molecule has 0 aliphatic heterocycles. The van der Waals surface area contributed by atoms with Crippen molar-refractivity contribution in [2.24, 2.45) is 0 Å². The molecule has 4 nitrogen and oxygen atoms in total. The van der Waals surface area contributed by atoms with Gasteiger partial charge in [-0.2, -0.15) is 0 Å². The molecule has 0 aliphatic rings. The fourth-order valence-electron chi connectivity index (χ4n) is 1.23. The lowest BCUT2D eigenvalue weighted by Crippen LogP contribution is -2.43. The van der Waals surface area contributed by atoms with Crippen molar-refractivity contribution < 1.29 is 9.59 Å². The lowest BCUT2D eigenvalue weighted by molar-refractivity contribution is -0.122. The zero-order valence-corrected chi connectivity index (χ0v) is 12.6. The molecular weight excluding hydrogens is 352 g/mol. The highest BCUT2D eigenvalue weighted by atomic mass is 79.9. The average molecular weight is 364 g/mol. The monoisotopic (exact) mass is 362 g/mol. The van der Waals surface area contributed by atoms with Crippen molar-refractivity contribution >= 4 is 43.7 Å². The Balaban J connectivity index is 2.83. The number of carbonyl (C=O) groups excluding carboxylic acids is 2. The third-order valence-electron chi connectivity index (χ3n) is 2.16. The molecule has 1 aromatic carbocycles. The minimum atomic E-state index is -0.571. The number of halogens is 2. The molecule has 1 rings (SSSR count). The maximum absolute atomic E-state index is 11.9. The van der Waals surface area contributed by atoms with Crippen molar-refractivity contribution in [2.75, 3.05) is 7.05 Å². The number of hydrogen-bond acceptors (Lipinski definition) is 2. The molecule has 0 aromatic heterocycles. The molecule has 1 atom stereocenters. The van der Waals surface area contributed by atoms with Gasteiger partial charge in [0.25, 0.3) is 5.91 Å². The highest BCUT2D eigenvalue weighted by Gasteiger charge is 2.17. The molecule has 2 N–H and O–H groups in total. The average Bonchev–Trinajstić information content (AvgIpc) is 2.30. The maximum atomic E-state index is 11.9. The van der Waals surface area contributed by atoms with Gasteiger partial charge in [-0.1, -0.05) is 15.9 Å². The van der Waals surface area contributed by atoms with E-state index in [1.165, 1.54) is 7.05 Å². The molecule has 17 heavy (non-hydrogen) atoms. The number of carbonyl (C=O) groups is 2. The molecule has 1 unspecified atom stereocenters. The van der Waals surface area contributed by atoms with Crippen LogP contribution in [0.2, 0.25) is 0 Å². The first kappa shape index (κ1) is 14.2. The first-order valence-corrected chi connectivity index (χ1v) is 6.51. The lowest BCUT2D eigenvalue weighted by atomic mass is 10.2. The summed E-state index contributed by atoms with van der Waals surface area (Å²) in [5.41, 5.74) is 0.482. The van der Waals surface area contributed by atoms with Crippen LogP contribution in [0, 0.1) is 0 Å². The highest BCUT2D eigenvalue weighted by molar-refractivity contribution is 9.11. The van der Waals surface area contributed by atoms with Gasteiger partial charge in [-0.3, -0.25) is 9.59 Å². The summed E-state index contributed by atoms with van der Waals surface area (Å²) in [4.78, 5) is 23.2. The molecule has 92 valence electrons. The number of likely N-dealkylation sites (N-methyl/N-ethyl adjacent to an activating group) is 1. The smallest absolute Gasteiger partial charge is 0.253 e. The van der Waals surface area contributed by atoms with Gasteiger partial charge in [0.15, 0.2) is 0 Å². The van der Waals surface area contributed by atoms with Gasteiger partial charge in [0.05, 0.1) is 5.56 Å². The van der Waals surface area contributed by atoms with E-state index in [1.54, 1.807) is 19.1 Å². The molecule has 2 amide bonds. The summed E-state index contributed by atoms with van der Waals surface area (Å²) in [7, 11) is 1.53. The van der Waals surface area contributed by atoms with E-state index in [4.69, 9.17) is 0 Å². The number of amides is 2. The SMILES string of the molecule is CNC(=O)C(C)NC(=O)c1cc(Br)ccc1Br. The molecule has 0 saturated heterocycles. The number of rotatable bonds is 3. The van der Waals surface area contributed by atoms with E-state index in [0.717, 1.165) is 4.47 Å². The van der Waals surface area contributed by atoms with Crippen LogP contribution >= 0.6 is 31.9 Å². The Kier molecular flexibility index (Phi) is 5.14. The largest absolute Gasteiger partial charge is 0.357 e. The summed E-state index contributed by atoms with van der Waals surface area (Å²) in [6.45, 7) is 1.63. The van der Waals surface area contributed by atoms with E-state index in [1.807, 2.05) is 6.07 Å². The van der Waals surface area contributed by atoms with Crippen molar-refractivity contribution in [3.05, 3.63) is 32.7 Å². The van der Waals surface area contributed by atoms with E-state index in [0.29, 0.717) is 10.0 Å². The summed E-state index contributed by atoms with van der Waals surface area (Å²) in [6, 6.07) is 4.71. The number of benzene rings is 1. The molecule has 0 radical (unpaired) electrons. The van der Waals surface area contributed by atoms with Crippen LogP contribution in [-0.4, -0.2) is 24.9 Å². The van der Waals surface area contributed by atoms with Crippen molar-refractivity contribution in [2.45, 2.75) is 13.0 Å². The van der Waals surface area contributed by atoms with E-state index in [-0.39, 0.29) is 11.8 Å². The van der Waals surface area contributed by atoms with Crippen LogP contribution in [-0.2, 0) is 4.79 Å². The molecule has 0 saturated carbocycles. The minimum Gasteiger partial charge on any atom is -0.357 e. The Morgan fingerprint density at radius 1 is 1.29 bits per heavy atom. The van der Waals surface area contributed by atoms with E-state index >= 15 is 0 Å². The van der Waals surface area contributed by atoms with Crippen LogP contribution in [0.4, 0.5) is 0 Å². The van der Waals surface area contributed by atoms with Crippen molar-refractivity contribution in [3.63, 3.8) is 0 Å². The van der Waals surface area contributed by atoms with Gasteiger partial charge in [-0.25, -0.2) is 0 Å². The second-order valence-electron chi connectivity index (χ2n) is 3.43. The zero-order valence-electron chi connectivity index (χ0n) is 9.38. The molecule has 0 fully saturated rings. The number of hydrogen-bond donors (Lipinski definition) is 2. The number of nitrogens with one attached hydrogen (secondary N) is 2. The fraction of sp³-hybridized carbons (Fsp3) is 0.273. The molecule has 0 bridgehead atoms. The predicted octanol–water partition coefficient (Wildman–Crippen LogP) is 2.08. The first-order chi connectivity index (χ1) is 7.95. The second kappa shape index (κ2) is 6.16. The second-order valence-corrected chi connectivity index (χ2v) is 5.20.